The number of unbranched alkanes of at least 4 members (excludes halogenated alkanes) is 1. The van der Waals surface area contributed by atoms with E-state index in [-0.39, 0.29) is 12.2 Å². The first-order valence-corrected chi connectivity index (χ1v) is 7.52. The van der Waals surface area contributed by atoms with E-state index in [0.717, 1.165) is 24.0 Å². The molecule has 0 atom stereocenters. The molecule has 0 saturated carbocycles. The highest BCUT2D eigenvalue weighted by atomic mass is 16.5. The van der Waals surface area contributed by atoms with E-state index in [1.54, 1.807) is 31.4 Å². The fraction of sp³-hybridized carbons (Fsp3) is 0.353. The number of hydrogen-bond acceptors (Lipinski definition) is 5. The zero-order valence-electron chi connectivity index (χ0n) is 13.3. The lowest BCUT2D eigenvalue weighted by Gasteiger charge is -2.07. The fourth-order valence-electron chi connectivity index (χ4n) is 1.98. The van der Waals surface area contributed by atoms with Crippen LogP contribution in [0.2, 0.25) is 0 Å². The topological polar surface area (TPSA) is 77.5 Å². The molecule has 2 aromatic rings. The molecule has 1 N–H and O–H groups in total. The van der Waals surface area contributed by atoms with E-state index < -0.39 is 11.9 Å². The number of methoxy groups -OCH3 is 1. The Labute approximate surface area is 134 Å². The molecule has 0 fully saturated rings. The van der Waals surface area contributed by atoms with Gasteiger partial charge in [-0.25, -0.2) is 4.98 Å². The summed E-state index contributed by atoms with van der Waals surface area (Å²) in [5.41, 5.74) is 0.938. The summed E-state index contributed by atoms with van der Waals surface area (Å²) in [7, 11) is 1.59. The van der Waals surface area contributed by atoms with Crippen LogP contribution in [0, 0.1) is 0 Å². The first kappa shape index (κ1) is 16.7. The van der Waals surface area contributed by atoms with Gasteiger partial charge in [0.05, 0.1) is 19.2 Å². The lowest BCUT2D eigenvalue weighted by Crippen LogP contribution is -2.31. The Morgan fingerprint density at radius 3 is 2.78 bits per heavy atom. The summed E-state index contributed by atoms with van der Waals surface area (Å²) >= 11 is 0. The Morgan fingerprint density at radius 2 is 2.04 bits per heavy atom. The normalized spacial score (nSPS) is 10.3. The molecule has 122 valence electrons. The monoisotopic (exact) mass is 316 g/mol. The highest BCUT2D eigenvalue weighted by molar-refractivity contribution is 5.96. The largest absolute Gasteiger partial charge is 0.497 e. The first-order chi connectivity index (χ1) is 11.1. The van der Waals surface area contributed by atoms with E-state index in [0.29, 0.717) is 12.1 Å². The number of amides is 1. The van der Waals surface area contributed by atoms with E-state index in [1.807, 2.05) is 13.0 Å². The Balaban J connectivity index is 1.97. The maximum atomic E-state index is 12.0. The van der Waals surface area contributed by atoms with Crippen LogP contribution in [0.3, 0.4) is 0 Å². The highest BCUT2D eigenvalue weighted by Gasteiger charge is 2.11. The Morgan fingerprint density at radius 1 is 1.22 bits per heavy atom. The molecule has 0 saturated heterocycles. The third-order valence-electron chi connectivity index (χ3n) is 3.28. The van der Waals surface area contributed by atoms with Crippen LogP contribution < -0.4 is 10.1 Å². The molecular formula is C17H20N2O4. The lowest BCUT2D eigenvalue weighted by molar-refractivity contribution is -0.142. The molecule has 1 aromatic heterocycles. The van der Waals surface area contributed by atoms with Gasteiger partial charge in [0.25, 0.3) is 5.91 Å². The number of nitrogens with one attached hydrogen (secondary N) is 1. The maximum absolute atomic E-state index is 12.0. The van der Waals surface area contributed by atoms with Gasteiger partial charge in [0, 0.05) is 5.39 Å². The van der Waals surface area contributed by atoms with Gasteiger partial charge < -0.3 is 14.8 Å². The number of hydrogen-bond donors (Lipinski definition) is 1. The van der Waals surface area contributed by atoms with Crippen molar-refractivity contribution in [2.45, 2.75) is 19.8 Å². The van der Waals surface area contributed by atoms with E-state index in [1.165, 1.54) is 0 Å². The SMILES string of the molecule is CCCCOC(=O)CNC(=O)c1ccc2cc(OC)ccc2n1. The number of carbonyl (C=O) groups is 2. The number of nitrogens with zero attached hydrogens (tertiary/aromatic N) is 1. The summed E-state index contributed by atoms with van der Waals surface area (Å²) in [6, 6.07) is 8.81. The summed E-state index contributed by atoms with van der Waals surface area (Å²) in [5, 5.41) is 3.39. The van der Waals surface area contributed by atoms with Crippen molar-refractivity contribution in [2.75, 3.05) is 20.3 Å². The molecule has 1 amide bonds. The van der Waals surface area contributed by atoms with Crippen LogP contribution in [0.5, 0.6) is 5.75 Å². The molecule has 0 unspecified atom stereocenters. The maximum Gasteiger partial charge on any atom is 0.325 e. The van der Waals surface area contributed by atoms with Crippen molar-refractivity contribution in [1.82, 2.24) is 10.3 Å². The Hall–Kier alpha value is -2.63. The molecule has 1 heterocycles. The van der Waals surface area contributed by atoms with Gasteiger partial charge in [-0.1, -0.05) is 19.4 Å². The van der Waals surface area contributed by atoms with E-state index >= 15 is 0 Å². The second kappa shape index (κ2) is 8.12. The average Bonchev–Trinajstić information content (AvgIpc) is 2.58. The number of carbonyl (C=O) groups excluding carboxylic acids is 2. The molecule has 23 heavy (non-hydrogen) atoms. The molecule has 1 aromatic carbocycles. The average molecular weight is 316 g/mol. The summed E-state index contributed by atoms with van der Waals surface area (Å²) in [6.45, 7) is 2.22. The van der Waals surface area contributed by atoms with Gasteiger partial charge in [0.2, 0.25) is 0 Å². The number of ether oxygens (including phenoxy) is 2. The van der Waals surface area contributed by atoms with Crippen LogP contribution >= 0.6 is 0 Å². The van der Waals surface area contributed by atoms with Gasteiger partial charge in [-0.3, -0.25) is 9.59 Å². The minimum Gasteiger partial charge on any atom is -0.497 e. The Kier molecular flexibility index (Phi) is 5.91. The number of esters is 1. The predicted molar refractivity (Wildman–Crippen MR) is 86.5 cm³/mol. The Bertz CT molecular complexity index is 700. The third-order valence-corrected chi connectivity index (χ3v) is 3.28. The van der Waals surface area contributed by atoms with E-state index in [2.05, 4.69) is 10.3 Å². The van der Waals surface area contributed by atoms with Crippen molar-refractivity contribution >= 4 is 22.8 Å². The zero-order valence-corrected chi connectivity index (χ0v) is 13.3. The van der Waals surface area contributed by atoms with Crippen molar-refractivity contribution in [3.63, 3.8) is 0 Å². The molecule has 0 spiro atoms. The van der Waals surface area contributed by atoms with E-state index in [9.17, 15) is 9.59 Å². The van der Waals surface area contributed by atoms with E-state index in [4.69, 9.17) is 9.47 Å². The van der Waals surface area contributed by atoms with Gasteiger partial charge in [0.15, 0.2) is 0 Å². The summed E-state index contributed by atoms with van der Waals surface area (Å²) < 4.78 is 10.1. The number of rotatable bonds is 7. The second-order valence-electron chi connectivity index (χ2n) is 5.01. The van der Waals surface area contributed by atoms with Crippen molar-refractivity contribution in [1.29, 1.82) is 0 Å². The van der Waals surface area contributed by atoms with Crippen molar-refractivity contribution < 1.29 is 19.1 Å². The molecule has 0 aliphatic heterocycles. The minimum atomic E-state index is -0.447. The molecule has 0 aliphatic carbocycles. The van der Waals surface area contributed by atoms with Crippen molar-refractivity contribution in [2.24, 2.45) is 0 Å². The zero-order chi connectivity index (χ0) is 16.7. The number of aromatic nitrogens is 1. The van der Waals surface area contributed by atoms with Gasteiger partial charge >= 0.3 is 5.97 Å². The quantitative estimate of drug-likeness (QED) is 0.626. The molecule has 2 rings (SSSR count). The van der Waals surface area contributed by atoms with Crippen LogP contribution in [0.25, 0.3) is 10.9 Å². The standard InChI is InChI=1S/C17H20N2O4/c1-3-4-9-23-16(20)11-18-17(21)15-7-5-12-10-13(22-2)6-8-14(12)19-15/h5-8,10H,3-4,9,11H2,1-2H3,(H,18,21). The first-order valence-electron chi connectivity index (χ1n) is 7.52. The lowest BCUT2D eigenvalue weighted by atomic mass is 10.2. The predicted octanol–water partition coefficient (Wildman–Crippen LogP) is 2.32. The van der Waals surface area contributed by atoms with Crippen LogP contribution in [0.4, 0.5) is 0 Å². The fourth-order valence-corrected chi connectivity index (χ4v) is 1.98. The van der Waals surface area contributed by atoms with Crippen LogP contribution in [-0.4, -0.2) is 37.1 Å². The number of benzene rings is 1. The summed E-state index contributed by atoms with van der Waals surface area (Å²) in [4.78, 5) is 27.8. The summed E-state index contributed by atoms with van der Waals surface area (Å²) in [5.74, 6) is -0.126. The number of pyridine rings is 1. The van der Waals surface area contributed by atoms with Crippen LogP contribution in [0.1, 0.15) is 30.3 Å². The molecular weight excluding hydrogens is 296 g/mol. The smallest absolute Gasteiger partial charge is 0.325 e. The van der Waals surface area contributed by atoms with Gasteiger partial charge in [-0.2, -0.15) is 0 Å². The molecule has 0 bridgehead atoms. The second-order valence-corrected chi connectivity index (χ2v) is 5.01. The number of fused-ring (bicyclic) bond motifs is 1. The molecule has 6 nitrogen and oxygen atoms in total. The van der Waals surface area contributed by atoms with Crippen molar-refractivity contribution in [3.05, 3.63) is 36.0 Å². The van der Waals surface area contributed by atoms with Gasteiger partial charge in [-0.05, 0) is 30.7 Å². The van der Waals surface area contributed by atoms with Gasteiger partial charge in [-0.15, -0.1) is 0 Å². The van der Waals surface area contributed by atoms with Crippen LogP contribution in [-0.2, 0) is 9.53 Å². The van der Waals surface area contributed by atoms with Crippen molar-refractivity contribution in [3.8, 4) is 5.75 Å². The highest BCUT2D eigenvalue weighted by Crippen LogP contribution is 2.19. The third kappa shape index (κ3) is 4.67. The molecule has 0 aliphatic rings. The summed E-state index contributed by atoms with van der Waals surface area (Å²) in [6.07, 6.45) is 1.76. The molecule has 0 radical (unpaired) electrons. The minimum absolute atomic E-state index is 0.162. The molecule has 6 heteroatoms. The van der Waals surface area contributed by atoms with Gasteiger partial charge in [0.1, 0.15) is 18.0 Å². The van der Waals surface area contributed by atoms with Crippen LogP contribution in [0.15, 0.2) is 30.3 Å².